The van der Waals surface area contributed by atoms with Crippen LogP contribution in [0.3, 0.4) is 0 Å². The molecule has 1 fully saturated rings. The van der Waals surface area contributed by atoms with Crippen LogP contribution in [0.4, 0.5) is 5.69 Å². The molecule has 0 aromatic heterocycles. The van der Waals surface area contributed by atoms with E-state index in [0.29, 0.717) is 6.04 Å². The van der Waals surface area contributed by atoms with Crippen molar-refractivity contribution >= 4 is 11.7 Å². The second-order valence-electron chi connectivity index (χ2n) is 5.49. The molecule has 2 unspecified atom stereocenters. The van der Waals surface area contributed by atoms with Gasteiger partial charge in [-0.15, -0.1) is 0 Å². The van der Waals surface area contributed by atoms with Gasteiger partial charge in [0.1, 0.15) is 0 Å². The Labute approximate surface area is 114 Å². The van der Waals surface area contributed by atoms with Crippen LogP contribution in [0.15, 0.2) is 18.2 Å². The number of nitrogens with zero attached hydrogens (tertiary/aromatic N) is 1. The summed E-state index contributed by atoms with van der Waals surface area (Å²) in [5.41, 5.74) is 3.71. The largest absolute Gasteiger partial charge is 0.481 e. The van der Waals surface area contributed by atoms with Gasteiger partial charge < -0.3 is 15.3 Å². The molecule has 2 N–H and O–H groups in total. The van der Waals surface area contributed by atoms with E-state index in [1.54, 1.807) is 0 Å². The number of hydrogen-bond acceptors (Lipinski definition) is 3. The number of carboxylic acids is 1. The summed E-state index contributed by atoms with van der Waals surface area (Å²) < 4.78 is 0. The van der Waals surface area contributed by atoms with E-state index >= 15 is 0 Å². The third-order valence-corrected chi connectivity index (χ3v) is 3.75. The Bertz CT molecular complexity index is 473. The van der Waals surface area contributed by atoms with Crippen molar-refractivity contribution in [3.8, 4) is 0 Å². The van der Waals surface area contributed by atoms with Crippen molar-refractivity contribution in [3.05, 3.63) is 29.3 Å². The summed E-state index contributed by atoms with van der Waals surface area (Å²) in [5, 5.41) is 12.2. The normalized spacial score (nSPS) is 23.4. The summed E-state index contributed by atoms with van der Waals surface area (Å²) in [7, 11) is 0. The Kier molecular flexibility index (Phi) is 4.10. The molecule has 2 rings (SSSR count). The third kappa shape index (κ3) is 3.26. The minimum absolute atomic E-state index is 0.0219. The van der Waals surface area contributed by atoms with Gasteiger partial charge >= 0.3 is 5.97 Å². The van der Waals surface area contributed by atoms with Crippen LogP contribution >= 0.6 is 0 Å². The smallest absolute Gasteiger partial charge is 0.304 e. The maximum atomic E-state index is 10.9. The first-order chi connectivity index (χ1) is 8.97. The molecule has 4 nitrogen and oxygen atoms in total. The molecule has 1 aromatic carbocycles. The molecule has 1 aliphatic heterocycles. The highest BCUT2D eigenvalue weighted by molar-refractivity contribution is 5.68. The van der Waals surface area contributed by atoms with E-state index < -0.39 is 5.97 Å². The first-order valence-electron chi connectivity index (χ1n) is 6.76. The third-order valence-electron chi connectivity index (χ3n) is 3.75. The Hall–Kier alpha value is -1.55. The Morgan fingerprint density at radius 1 is 1.47 bits per heavy atom. The number of nitrogens with one attached hydrogen (secondary N) is 1. The monoisotopic (exact) mass is 262 g/mol. The van der Waals surface area contributed by atoms with Gasteiger partial charge in [-0.25, -0.2) is 0 Å². The lowest BCUT2D eigenvalue weighted by Gasteiger charge is -2.41. The summed E-state index contributed by atoms with van der Waals surface area (Å²) >= 11 is 0. The fraction of sp³-hybridized carbons (Fsp3) is 0.533. The first-order valence-corrected chi connectivity index (χ1v) is 6.76. The molecule has 19 heavy (non-hydrogen) atoms. The van der Waals surface area contributed by atoms with Gasteiger partial charge in [-0.05, 0) is 38.0 Å². The standard InChI is InChI=1S/C15H22N2O2/c1-10-4-5-11(2)14(6-10)17-9-13(7-15(18)19)16-8-12(17)3/h4-6,12-13,16H,7-9H2,1-3H3,(H,18,19). The molecular formula is C15H22N2O2. The van der Waals surface area contributed by atoms with E-state index in [2.05, 4.69) is 49.2 Å². The minimum atomic E-state index is -0.743. The van der Waals surface area contributed by atoms with Crippen molar-refractivity contribution in [1.29, 1.82) is 0 Å². The number of benzene rings is 1. The summed E-state index contributed by atoms with van der Waals surface area (Å²) in [4.78, 5) is 13.2. The maximum Gasteiger partial charge on any atom is 0.304 e. The molecule has 0 spiro atoms. The summed E-state index contributed by atoms with van der Waals surface area (Å²) in [6.07, 6.45) is 0.175. The van der Waals surface area contributed by atoms with Crippen molar-refractivity contribution in [2.45, 2.75) is 39.3 Å². The van der Waals surface area contributed by atoms with Crippen molar-refractivity contribution < 1.29 is 9.90 Å². The molecular weight excluding hydrogens is 240 g/mol. The number of rotatable bonds is 3. The van der Waals surface area contributed by atoms with Crippen LogP contribution in [0.5, 0.6) is 0 Å². The van der Waals surface area contributed by atoms with Gasteiger partial charge in [0.25, 0.3) is 0 Å². The SMILES string of the molecule is Cc1ccc(C)c(N2CC(CC(=O)O)NCC2C)c1. The average Bonchev–Trinajstić information content (AvgIpc) is 2.34. The van der Waals surface area contributed by atoms with E-state index in [1.165, 1.54) is 16.8 Å². The summed E-state index contributed by atoms with van der Waals surface area (Å²) in [6.45, 7) is 7.94. The second kappa shape index (κ2) is 5.61. The molecule has 1 saturated heterocycles. The van der Waals surface area contributed by atoms with E-state index in [1.807, 2.05) is 0 Å². The molecule has 2 atom stereocenters. The fourth-order valence-corrected chi connectivity index (χ4v) is 2.64. The fourth-order valence-electron chi connectivity index (χ4n) is 2.64. The Balaban J connectivity index is 2.20. The Morgan fingerprint density at radius 3 is 2.89 bits per heavy atom. The highest BCUT2D eigenvalue weighted by atomic mass is 16.4. The molecule has 0 saturated carbocycles. The van der Waals surface area contributed by atoms with E-state index in [9.17, 15) is 4.79 Å². The lowest BCUT2D eigenvalue weighted by molar-refractivity contribution is -0.137. The minimum Gasteiger partial charge on any atom is -0.481 e. The molecule has 4 heteroatoms. The second-order valence-corrected chi connectivity index (χ2v) is 5.49. The zero-order valence-corrected chi connectivity index (χ0v) is 11.8. The van der Waals surface area contributed by atoms with Gasteiger partial charge in [0, 0.05) is 30.9 Å². The van der Waals surface area contributed by atoms with Crippen LogP contribution in [0, 0.1) is 13.8 Å². The van der Waals surface area contributed by atoms with E-state index in [0.717, 1.165) is 13.1 Å². The van der Waals surface area contributed by atoms with E-state index in [-0.39, 0.29) is 12.5 Å². The number of anilines is 1. The lowest BCUT2D eigenvalue weighted by Crippen LogP contribution is -2.56. The Morgan fingerprint density at radius 2 is 2.21 bits per heavy atom. The molecule has 1 heterocycles. The maximum absolute atomic E-state index is 10.9. The predicted octanol–water partition coefficient (Wildman–Crippen LogP) is 1.94. The number of piperazine rings is 1. The molecule has 0 bridgehead atoms. The van der Waals surface area contributed by atoms with Crippen molar-refractivity contribution in [3.63, 3.8) is 0 Å². The highest BCUT2D eigenvalue weighted by Crippen LogP contribution is 2.25. The van der Waals surface area contributed by atoms with Crippen LogP contribution in [0.2, 0.25) is 0 Å². The van der Waals surface area contributed by atoms with Crippen LogP contribution in [0.25, 0.3) is 0 Å². The van der Waals surface area contributed by atoms with Gasteiger partial charge in [0.2, 0.25) is 0 Å². The topological polar surface area (TPSA) is 52.6 Å². The van der Waals surface area contributed by atoms with Crippen molar-refractivity contribution in [2.75, 3.05) is 18.0 Å². The van der Waals surface area contributed by atoms with Gasteiger partial charge in [-0.1, -0.05) is 12.1 Å². The quantitative estimate of drug-likeness (QED) is 0.874. The molecule has 0 amide bonds. The van der Waals surface area contributed by atoms with Crippen LogP contribution in [-0.4, -0.2) is 36.2 Å². The number of carbonyl (C=O) groups is 1. The number of hydrogen-bond donors (Lipinski definition) is 2. The van der Waals surface area contributed by atoms with Crippen molar-refractivity contribution in [1.82, 2.24) is 5.32 Å². The van der Waals surface area contributed by atoms with Gasteiger partial charge in [-0.2, -0.15) is 0 Å². The molecule has 1 aliphatic rings. The van der Waals surface area contributed by atoms with Crippen LogP contribution in [-0.2, 0) is 4.79 Å². The van der Waals surface area contributed by atoms with Crippen molar-refractivity contribution in [2.24, 2.45) is 0 Å². The number of carboxylic acid groups (broad SMARTS) is 1. The highest BCUT2D eigenvalue weighted by Gasteiger charge is 2.27. The summed E-state index contributed by atoms with van der Waals surface area (Å²) in [5.74, 6) is -0.743. The van der Waals surface area contributed by atoms with Crippen LogP contribution in [0.1, 0.15) is 24.5 Å². The molecule has 0 aliphatic carbocycles. The number of aliphatic carboxylic acids is 1. The van der Waals surface area contributed by atoms with Gasteiger partial charge in [-0.3, -0.25) is 4.79 Å². The molecule has 0 radical (unpaired) electrons. The van der Waals surface area contributed by atoms with Gasteiger partial charge in [0.05, 0.1) is 6.42 Å². The molecule has 1 aromatic rings. The number of aryl methyl sites for hydroxylation is 2. The average molecular weight is 262 g/mol. The predicted molar refractivity (Wildman–Crippen MR) is 76.8 cm³/mol. The van der Waals surface area contributed by atoms with Gasteiger partial charge in [0.15, 0.2) is 0 Å². The zero-order valence-electron chi connectivity index (χ0n) is 11.8. The summed E-state index contributed by atoms with van der Waals surface area (Å²) in [6, 6.07) is 6.83. The van der Waals surface area contributed by atoms with E-state index in [4.69, 9.17) is 5.11 Å². The zero-order chi connectivity index (χ0) is 14.0. The first kappa shape index (κ1) is 13.9. The van der Waals surface area contributed by atoms with Crippen LogP contribution < -0.4 is 10.2 Å². The molecule has 104 valence electrons. The lowest BCUT2D eigenvalue weighted by atomic mass is 10.0.